The van der Waals surface area contributed by atoms with Crippen LogP contribution in [0.15, 0.2) is 24.4 Å². The van der Waals surface area contributed by atoms with Gasteiger partial charge in [0.1, 0.15) is 11.5 Å². The predicted molar refractivity (Wildman–Crippen MR) is 109 cm³/mol. The molecule has 1 saturated heterocycles. The zero-order chi connectivity index (χ0) is 19.9. The highest BCUT2D eigenvalue weighted by Crippen LogP contribution is 2.25. The molecule has 152 valence electrons. The summed E-state index contributed by atoms with van der Waals surface area (Å²) in [5.74, 6) is 3.58. The van der Waals surface area contributed by atoms with E-state index in [1.807, 2.05) is 41.9 Å². The van der Waals surface area contributed by atoms with Crippen LogP contribution in [-0.4, -0.2) is 83.1 Å². The number of thioether (sulfide) groups is 1. The Hall–Kier alpha value is -2.26. The van der Waals surface area contributed by atoms with Crippen LogP contribution in [0.4, 0.5) is 0 Å². The summed E-state index contributed by atoms with van der Waals surface area (Å²) in [6, 6.07) is 5.78. The van der Waals surface area contributed by atoms with Crippen molar-refractivity contribution in [3.05, 3.63) is 35.7 Å². The van der Waals surface area contributed by atoms with Gasteiger partial charge >= 0.3 is 0 Å². The molecule has 1 aromatic heterocycles. The van der Waals surface area contributed by atoms with Crippen LogP contribution < -0.4 is 9.47 Å². The number of amides is 1. The third-order valence-corrected chi connectivity index (χ3v) is 5.64. The summed E-state index contributed by atoms with van der Waals surface area (Å²) in [4.78, 5) is 16.5. The maximum absolute atomic E-state index is 12.5. The zero-order valence-electron chi connectivity index (χ0n) is 16.6. The Morgan fingerprint density at radius 3 is 2.75 bits per heavy atom. The predicted octanol–water partition coefficient (Wildman–Crippen LogP) is 1.62. The number of ether oxygens (including phenoxy) is 2. The third-order valence-electron chi connectivity index (χ3n) is 4.69. The molecule has 0 atom stereocenters. The van der Waals surface area contributed by atoms with Gasteiger partial charge in [0.2, 0.25) is 0 Å². The zero-order valence-corrected chi connectivity index (χ0v) is 17.4. The lowest BCUT2D eigenvalue weighted by Crippen LogP contribution is -2.38. The minimum absolute atomic E-state index is 0.0268. The highest BCUT2D eigenvalue weighted by Gasteiger charge is 2.21. The molecule has 1 fully saturated rings. The largest absolute Gasteiger partial charge is 0.497 e. The van der Waals surface area contributed by atoms with Crippen LogP contribution >= 0.6 is 11.8 Å². The minimum Gasteiger partial charge on any atom is -0.497 e. The lowest BCUT2D eigenvalue weighted by molar-refractivity contribution is 0.0766. The molecule has 0 bridgehead atoms. The Balaban J connectivity index is 1.54. The lowest BCUT2D eigenvalue weighted by Gasteiger charge is -2.25. The molecule has 2 heterocycles. The van der Waals surface area contributed by atoms with Gasteiger partial charge in [0, 0.05) is 43.2 Å². The Morgan fingerprint density at radius 2 is 2.04 bits per heavy atom. The second kappa shape index (κ2) is 9.79. The van der Waals surface area contributed by atoms with E-state index in [1.54, 1.807) is 25.1 Å². The second-order valence-corrected chi connectivity index (χ2v) is 7.91. The van der Waals surface area contributed by atoms with E-state index in [0.29, 0.717) is 18.8 Å². The molecule has 3 rings (SSSR count). The van der Waals surface area contributed by atoms with Gasteiger partial charge in [-0.05, 0) is 25.2 Å². The van der Waals surface area contributed by atoms with E-state index in [0.717, 1.165) is 48.2 Å². The first-order valence-corrected chi connectivity index (χ1v) is 10.4. The van der Waals surface area contributed by atoms with Crippen LogP contribution in [0, 0.1) is 0 Å². The van der Waals surface area contributed by atoms with Crippen molar-refractivity contribution in [2.45, 2.75) is 13.1 Å². The molecule has 1 aliphatic heterocycles. The number of nitrogens with zero attached hydrogens (tertiary/aromatic N) is 5. The van der Waals surface area contributed by atoms with Crippen molar-refractivity contribution in [2.24, 2.45) is 0 Å². The van der Waals surface area contributed by atoms with Gasteiger partial charge in [-0.3, -0.25) is 9.48 Å². The fourth-order valence-corrected chi connectivity index (χ4v) is 3.99. The molecule has 1 aliphatic rings. The van der Waals surface area contributed by atoms with Crippen molar-refractivity contribution in [3.63, 3.8) is 0 Å². The molecule has 0 radical (unpaired) electrons. The Morgan fingerprint density at radius 1 is 1.25 bits per heavy atom. The van der Waals surface area contributed by atoms with Crippen molar-refractivity contribution < 1.29 is 14.3 Å². The molecule has 28 heavy (non-hydrogen) atoms. The molecule has 0 N–H and O–H groups in total. The maximum atomic E-state index is 12.5. The van der Waals surface area contributed by atoms with Gasteiger partial charge in [0.05, 0.1) is 27.0 Å². The number of hydrogen-bond donors (Lipinski definition) is 0. The van der Waals surface area contributed by atoms with Crippen molar-refractivity contribution in [1.29, 1.82) is 0 Å². The number of aromatic nitrogens is 3. The smallest absolute Gasteiger partial charge is 0.276 e. The summed E-state index contributed by atoms with van der Waals surface area (Å²) in [5, 5.41) is 8.18. The van der Waals surface area contributed by atoms with Crippen LogP contribution in [0.2, 0.25) is 0 Å². The summed E-state index contributed by atoms with van der Waals surface area (Å²) < 4.78 is 12.5. The molecule has 0 aliphatic carbocycles. The van der Waals surface area contributed by atoms with Crippen molar-refractivity contribution in [3.8, 4) is 11.5 Å². The van der Waals surface area contributed by atoms with Gasteiger partial charge in [-0.25, -0.2) is 0 Å². The molecule has 9 heteroatoms. The first-order chi connectivity index (χ1) is 13.6. The van der Waals surface area contributed by atoms with E-state index in [2.05, 4.69) is 15.2 Å². The normalized spacial score (nSPS) is 14.4. The van der Waals surface area contributed by atoms with Crippen LogP contribution in [0.25, 0.3) is 0 Å². The molecule has 0 spiro atoms. The third kappa shape index (κ3) is 5.17. The van der Waals surface area contributed by atoms with E-state index < -0.39 is 0 Å². The summed E-state index contributed by atoms with van der Waals surface area (Å²) in [6.45, 7) is 3.69. The van der Waals surface area contributed by atoms with Crippen molar-refractivity contribution in [2.75, 3.05) is 52.4 Å². The molecular weight excluding hydrogens is 378 g/mol. The highest BCUT2D eigenvalue weighted by molar-refractivity contribution is 7.99. The molecule has 0 unspecified atom stereocenters. The first kappa shape index (κ1) is 20.5. The van der Waals surface area contributed by atoms with Crippen molar-refractivity contribution in [1.82, 2.24) is 24.8 Å². The van der Waals surface area contributed by atoms with Crippen LogP contribution in [0.5, 0.6) is 11.5 Å². The van der Waals surface area contributed by atoms with E-state index in [4.69, 9.17) is 9.47 Å². The van der Waals surface area contributed by atoms with Crippen LogP contribution in [0.1, 0.15) is 16.1 Å². The first-order valence-electron chi connectivity index (χ1n) is 9.27. The number of rotatable bonds is 8. The summed E-state index contributed by atoms with van der Waals surface area (Å²) in [6.07, 6.45) is 1.74. The van der Waals surface area contributed by atoms with Gasteiger partial charge in [-0.15, -0.1) is 5.10 Å². The van der Waals surface area contributed by atoms with Gasteiger partial charge in [-0.2, -0.15) is 11.8 Å². The highest BCUT2D eigenvalue weighted by atomic mass is 32.2. The summed E-state index contributed by atoms with van der Waals surface area (Å²) in [5.41, 5.74) is 1.48. The van der Waals surface area contributed by atoms with Gasteiger partial charge < -0.3 is 19.3 Å². The summed E-state index contributed by atoms with van der Waals surface area (Å²) >= 11 is 1.88. The number of methoxy groups -OCH3 is 2. The average Bonchev–Trinajstić information content (AvgIpc) is 3.21. The molecular formula is C19H27N5O3S. The molecule has 1 amide bonds. The Labute approximate surface area is 169 Å². The van der Waals surface area contributed by atoms with E-state index in [9.17, 15) is 4.79 Å². The van der Waals surface area contributed by atoms with Gasteiger partial charge in [-0.1, -0.05) is 5.21 Å². The number of benzene rings is 1. The lowest BCUT2D eigenvalue weighted by atomic mass is 10.1. The standard InChI is InChI=1S/C19H27N5O3S/c1-22(13-15-12-16(26-2)4-5-18(15)27-3)6-7-24-14-17(20-21-24)19(25)23-8-10-28-11-9-23/h4-5,12,14H,6-11,13H2,1-3H3. The monoisotopic (exact) mass is 405 g/mol. The Bertz CT molecular complexity index is 792. The topological polar surface area (TPSA) is 72.7 Å². The SMILES string of the molecule is COc1ccc(OC)c(CN(C)CCn2cc(C(=O)N3CCSCC3)nn2)c1. The fraction of sp³-hybridized carbons (Fsp3) is 0.526. The number of carbonyl (C=O) groups is 1. The van der Waals surface area contributed by atoms with E-state index >= 15 is 0 Å². The van der Waals surface area contributed by atoms with Crippen molar-refractivity contribution >= 4 is 17.7 Å². The van der Waals surface area contributed by atoms with Crippen LogP contribution in [-0.2, 0) is 13.1 Å². The number of carbonyl (C=O) groups excluding carboxylic acids is 1. The van der Waals surface area contributed by atoms with E-state index in [1.165, 1.54) is 0 Å². The number of hydrogen-bond acceptors (Lipinski definition) is 7. The number of likely N-dealkylation sites (N-methyl/N-ethyl adjacent to an activating group) is 1. The van der Waals surface area contributed by atoms with Gasteiger partial charge in [0.15, 0.2) is 5.69 Å². The Kier molecular flexibility index (Phi) is 7.16. The quantitative estimate of drug-likeness (QED) is 0.661. The average molecular weight is 406 g/mol. The molecule has 2 aromatic rings. The molecule has 0 saturated carbocycles. The maximum Gasteiger partial charge on any atom is 0.276 e. The van der Waals surface area contributed by atoms with E-state index in [-0.39, 0.29) is 5.91 Å². The fourth-order valence-electron chi connectivity index (χ4n) is 3.08. The molecule has 1 aromatic carbocycles. The summed E-state index contributed by atoms with van der Waals surface area (Å²) in [7, 11) is 5.36. The minimum atomic E-state index is -0.0268. The van der Waals surface area contributed by atoms with Gasteiger partial charge in [0.25, 0.3) is 5.91 Å². The van der Waals surface area contributed by atoms with Crippen LogP contribution in [0.3, 0.4) is 0 Å². The molecule has 8 nitrogen and oxygen atoms in total. The second-order valence-electron chi connectivity index (χ2n) is 6.69.